The van der Waals surface area contributed by atoms with Crippen LogP contribution >= 0.6 is 0 Å². The molecule has 3 nitrogen and oxygen atoms in total. The van der Waals surface area contributed by atoms with Gasteiger partial charge in [-0.25, -0.2) is 0 Å². The highest BCUT2D eigenvalue weighted by atomic mass is 32.2. The lowest BCUT2D eigenvalue weighted by Crippen LogP contribution is -2.33. The average Bonchev–Trinajstić information content (AvgIpc) is 2.61. The second-order valence-electron chi connectivity index (χ2n) is 6.24. The van der Waals surface area contributed by atoms with E-state index in [1.54, 1.807) is 6.26 Å². The van der Waals surface area contributed by atoms with Gasteiger partial charge in [0.05, 0.1) is 0 Å². The first kappa shape index (κ1) is 15.4. The van der Waals surface area contributed by atoms with Crippen LogP contribution in [0.1, 0.15) is 5.56 Å². The van der Waals surface area contributed by atoms with E-state index in [9.17, 15) is 4.21 Å². The van der Waals surface area contributed by atoms with Gasteiger partial charge in [0.1, 0.15) is 12.4 Å². The van der Waals surface area contributed by atoms with Gasteiger partial charge in [-0.3, -0.25) is 4.21 Å². The normalized spacial score (nSPS) is 18.0. The standard InChI is InChI=1S/C20H19NO2S/c1-24(22)17-4-2-3-14(9-17)15-6-5-13-7-8-20-19(18(13)10-15)11-16(21)12-23-20/h2-10,16H,11-12,21H2,1H3. The van der Waals surface area contributed by atoms with Gasteiger partial charge in [0.2, 0.25) is 0 Å². The zero-order chi connectivity index (χ0) is 16.7. The van der Waals surface area contributed by atoms with Gasteiger partial charge in [-0.05, 0) is 52.6 Å². The third kappa shape index (κ3) is 2.72. The third-order valence-electron chi connectivity index (χ3n) is 4.51. The minimum Gasteiger partial charge on any atom is -0.492 e. The third-order valence-corrected chi connectivity index (χ3v) is 5.43. The summed E-state index contributed by atoms with van der Waals surface area (Å²) in [5.74, 6) is 0.935. The minimum atomic E-state index is -0.983. The number of nitrogens with two attached hydrogens (primary N) is 1. The summed E-state index contributed by atoms with van der Waals surface area (Å²) in [6.07, 6.45) is 2.53. The van der Waals surface area contributed by atoms with Crippen molar-refractivity contribution in [3.8, 4) is 16.9 Å². The molecule has 0 aromatic heterocycles. The highest BCUT2D eigenvalue weighted by molar-refractivity contribution is 7.84. The Morgan fingerprint density at radius 3 is 2.71 bits per heavy atom. The Morgan fingerprint density at radius 1 is 1.08 bits per heavy atom. The molecular weight excluding hydrogens is 318 g/mol. The summed E-state index contributed by atoms with van der Waals surface area (Å²) in [5.41, 5.74) is 9.45. The number of benzene rings is 3. The fraction of sp³-hybridized carbons (Fsp3) is 0.200. The van der Waals surface area contributed by atoms with Crippen LogP contribution in [0, 0.1) is 0 Å². The van der Waals surface area contributed by atoms with Crippen molar-refractivity contribution >= 4 is 21.6 Å². The molecule has 122 valence electrons. The molecule has 0 amide bonds. The molecule has 0 fully saturated rings. The van der Waals surface area contributed by atoms with E-state index in [0.717, 1.165) is 28.2 Å². The van der Waals surface area contributed by atoms with Crippen molar-refractivity contribution in [3.63, 3.8) is 0 Å². The Labute approximate surface area is 143 Å². The van der Waals surface area contributed by atoms with Gasteiger partial charge in [0.15, 0.2) is 0 Å². The van der Waals surface area contributed by atoms with E-state index in [2.05, 4.69) is 30.3 Å². The summed E-state index contributed by atoms with van der Waals surface area (Å²) in [6, 6.07) is 18.5. The first-order valence-corrected chi connectivity index (χ1v) is 9.55. The van der Waals surface area contributed by atoms with Crippen molar-refractivity contribution in [1.29, 1.82) is 0 Å². The molecule has 1 aliphatic rings. The van der Waals surface area contributed by atoms with Crippen molar-refractivity contribution in [2.45, 2.75) is 17.4 Å². The van der Waals surface area contributed by atoms with Crippen molar-refractivity contribution in [2.75, 3.05) is 12.9 Å². The lowest BCUT2D eigenvalue weighted by atomic mass is 9.93. The van der Waals surface area contributed by atoms with Gasteiger partial charge in [-0.2, -0.15) is 0 Å². The Morgan fingerprint density at radius 2 is 1.88 bits per heavy atom. The maximum atomic E-state index is 11.7. The van der Waals surface area contributed by atoms with Crippen LogP contribution in [0.25, 0.3) is 21.9 Å². The molecule has 3 aromatic carbocycles. The summed E-state index contributed by atoms with van der Waals surface area (Å²) in [7, 11) is -0.983. The summed E-state index contributed by atoms with van der Waals surface area (Å²) < 4.78 is 17.5. The van der Waals surface area contributed by atoms with Crippen molar-refractivity contribution in [2.24, 2.45) is 5.73 Å². The van der Waals surface area contributed by atoms with Crippen LogP contribution in [0.15, 0.2) is 59.5 Å². The van der Waals surface area contributed by atoms with Crippen molar-refractivity contribution in [3.05, 3.63) is 60.2 Å². The first-order valence-electron chi connectivity index (χ1n) is 8.00. The molecule has 4 heteroatoms. The largest absolute Gasteiger partial charge is 0.492 e. The average molecular weight is 337 g/mol. The molecule has 2 unspecified atom stereocenters. The van der Waals surface area contributed by atoms with Gasteiger partial charge >= 0.3 is 0 Å². The molecule has 0 bridgehead atoms. The second-order valence-corrected chi connectivity index (χ2v) is 7.61. The molecule has 0 radical (unpaired) electrons. The maximum absolute atomic E-state index is 11.7. The van der Waals surface area contributed by atoms with Crippen molar-refractivity contribution in [1.82, 2.24) is 0 Å². The topological polar surface area (TPSA) is 52.3 Å². The predicted molar refractivity (Wildman–Crippen MR) is 98.9 cm³/mol. The van der Waals surface area contributed by atoms with Gasteiger partial charge in [-0.1, -0.05) is 30.3 Å². The summed E-state index contributed by atoms with van der Waals surface area (Å²) in [5, 5.41) is 2.37. The molecule has 24 heavy (non-hydrogen) atoms. The summed E-state index contributed by atoms with van der Waals surface area (Å²) >= 11 is 0. The smallest absolute Gasteiger partial charge is 0.123 e. The second kappa shape index (κ2) is 6.04. The Balaban J connectivity index is 1.87. The molecule has 3 aromatic rings. The molecule has 0 spiro atoms. The fourth-order valence-electron chi connectivity index (χ4n) is 3.26. The Bertz CT molecular complexity index is 952. The van der Waals surface area contributed by atoms with Gasteiger partial charge in [0, 0.05) is 33.6 Å². The number of ether oxygens (including phenoxy) is 1. The van der Waals surface area contributed by atoms with Crippen LogP contribution < -0.4 is 10.5 Å². The van der Waals surface area contributed by atoms with E-state index < -0.39 is 10.8 Å². The zero-order valence-corrected chi connectivity index (χ0v) is 14.3. The molecule has 4 rings (SSSR count). The van der Waals surface area contributed by atoms with Crippen LogP contribution in [0.4, 0.5) is 0 Å². The van der Waals surface area contributed by atoms with E-state index in [0.29, 0.717) is 6.61 Å². The minimum absolute atomic E-state index is 0.0394. The molecule has 1 aliphatic heterocycles. The monoisotopic (exact) mass is 337 g/mol. The fourth-order valence-corrected chi connectivity index (χ4v) is 3.82. The van der Waals surface area contributed by atoms with E-state index >= 15 is 0 Å². The first-order chi connectivity index (χ1) is 11.6. The Hall–Kier alpha value is -2.17. The number of fused-ring (bicyclic) bond motifs is 3. The number of hydrogen-bond donors (Lipinski definition) is 1. The molecule has 2 N–H and O–H groups in total. The van der Waals surface area contributed by atoms with Crippen LogP contribution in [-0.4, -0.2) is 23.1 Å². The SMILES string of the molecule is CS(=O)c1cccc(-c2ccc3ccc4c(c3c2)CC(N)CO4)c1. The van der Waals surface area contributed by atoms with E-state index in [1.165, 1.54) is 16.3 Å². The van der Waals surface area contributed by atoms with Gasteiger partial charge in [-0.15, -0.1) is 0 Å². The number of rotatable bonds is 2. The molecule has 2 atom stereocenters. The van der Waals surface area contributed by atoms with E-state index in [-0.39, 0.29) is 6.04 Å². The lowest BCUT2D eigenvalue weighted by Gasteiger charge is -2.24. The molecule has 0 aliphatic carbocycles. The number of hydrogen-bond acceptors (Lipinski definition) is 3. The summed E-state index contributed by atoms with van der Waals surface area (Å²) in [4.78, 5) is 0.841. The van der Waals surface area contributed by atoms with Gasteiger partial charge < -0.3 is 10.5 Å². The van der Waals surface area contributed by atoms with Crippen LogP contribution in [0.5, 0.6) is 5.75 Å². The van der Waals surface area contributed by atoms with Crippen LogP contribution in [0.2, 0.25) is 0 Å². The highest BCUT2D eigenvalue weighted by Gasteiger charge is 2.19. The molecular formula is C20H19NO2S. The van der Waals surface area contributed by atoms with Crippen molar-refractivity contribution < 1.29 is 8.95 Å². The predicted octanol–water partition coefficient (Wildman–Crippen LogP) is 3.51. The Kier molecular flexibility index (Phi) is 3.87. The lowest BCUT2D eigenvalue weighted by molar-refractivity contribution is 0.264. The highest BCUT2D eigenvalue weighted by Crippen LogP contribution is 2.34. The maximum Gasteiger partial charge on any atom is 0.123 e. The van der Waals surface area contributed by atoms with Gasteiger partial charge in [0.25, 0.3) is 0 Å². The molecule has 0 saturated carbocycles. The van der Waals surface area contributed by atoms with Crippen LogP contribution in [0.3, 0.4) is 0 Å². The van der Waals surface area contributed by atoms with E-state index in [1.807, 2.05) is 24.3 Å². The molecule has 0 saturated heterocycles. The van der Waals surface area contributed by atoms with E-state index in [4.69, 9.17) is 10.5 Å². The zero-order valence-electron chi connectivity index (χ0n) is 13.5. The quantitative estimate of drug-likeness (QED) is 0.778. The molecule has 1 heterocycles. The van der Waals surface area contributed by atoms with Crippen LogP contribution in [-0.2, 0) is 17.2 Å². The summed E-state index contributed by atoms with van der Waals surface area (Å²) in [6.45, 7) is 0.572.